The van der Waals surface area contributed by atoms with Gasteiger partial charge in [0.2, 0.25) is 0 Å². The van der Waals surface area contributed by atoms with E-state index in [2.05, 4.69) is 17.7 Å². The summed E-state index contributed by atoms with van der Waals surface area (Å²) in [5.74, 6) is -3.07. The van der Waals surface area contributed by atoms with Crippen LogP contribution in [0, 0.1) is 5.82 Å². The van der Waals surface area contributed by atoms with Crippen LogP contribution in [0.1, 0.15) is 5.56 Å². The first-order chi connectivity index (χ1) is 7.91. The molecule has 0 fully saturated rings. The fourth-order valence-corrected chi connectivity index (χ4v) is 1.01. The molecule has 0 spiro atoms. The number of phenols is 1. The maximum atomic E-state index is 12.9. The number of aromatic hydroxyl groups is 1. The Morgan fingerprint density at radius 2 is 2.00 bits per heavy atom. The van der Waals surface area contributed by atoms with Crippen LogP contribution >= 0.6 is 0 Å². The number of halogens is 1. The van der Waals surface area contributed by atoms with E-state index in [1.165, 1.54) is 0 Å². The highest BCUT2D eigenvalue weighted by Gasteiger charge is 2.10. The second-order valence-electron chi connectivity index (χ2n) is 3.08. The van der Waals surface area contributed by atoms with Gasteiger partial charge in [0.25, 0.3) is 0 Å². The summed E-state index contributed by atoms with van der Waals surface area (Å²) in [6.45, 7) is 3.45. The van der Waals surface area contributed by atoms with Crippen molar-refractivity contribution < 1.29 is 19.1 Å². The van der Waals surface area contributed by atoms with E-state index >= 15 is 0 Å². The van der Waals surface area contributed by atoms with E-state index in [4.69, 9.17) is 0 Å². The molecule has 0 heterocycles. The molecule has 0 saturated heterocycles. The number of nitrogens with two attached hydrogens (primary N) is 1. The quantitative estimate of drug-likeness (QED) is 0.426. The van der Waals surface area contributed by atoms with Crippen LogP contribution in [0.5, 0.6) is 5.75 Å². The first kappa shape index (κ1) is 12.5. The molecule has 0 saturated carbocycles. The topological polar surface area (TPSA) is 104 Å². The van der Waals surface area contributed by atoms with Crippen LogP contribution in [0.2, 0.25) is 0 Å². The van der Waals surface area contributed by atoms with Crippen molar-refractivity contribution >= 4 is 17.5 Å². The van der Waals surface area contributed by atoms with E-state index in [9.17, 15) is 19.1 Å². The molecule has 7 heteroatoms. The molecule has 0 unspecified atom stereocenters. The third kappa shape index (κ3) is 3.20. The lowest BCUT2D eigenvalue weighted by atomic mass is 10.1. The molecule has 90 valence electrons. The molecule has 1 aromatic rings. The number of nitrogens with one attached hydrogen (secondary N) is 2. The minimum Gasteiger partial charge on any atom is -0.507 e. The minimum absolute atomic E-state index is 0.0107. The van der Waals surface area contributed by atoms with Gasteiger partial charge in [0, 0.05) is 5.56 Å². The van der Waals surface area contributed by atoms with Gasteiger partial charge in [-0.25, -0.2) is 4.39 Å². The average Bonchev–Trinajstić information content (AvgIpc) is 2.28. The maximum Gasteiger partial charge on any atom is 0.327 e. The molecule has 1 rings (SSSR count). The summed E-state index contributed by atoms with van der Waals surface area (Å²) in [4.78, 5) is 21.2. The number of hydrazine groups is 1. The van der Waals surface area contributed by atoms with E-state index in [-0.39, 0.29) is 17.0 Å². The fourth-order valence-electron chi connectivity index (χ4n) is 1.01. The highest BCUT2D eigenvalue weighted by atomic mass is 19.1. The minimum atomic E-state index is -1.19. The van der Waals surface area contributed by atoms with Crippen LogP contribution in [-0.2, 0) is 9.59 Å². The summed E-state index contributed by atoms with van der Waals surface area (Å²) < 4.78 is 12.9. The molecule has 6 nitrogen and oxygen atoms in total. The third-order valence-electron chi connectivity index (χ3n) is 1.83. The highest BCUT2D eigenvalue weighted by Crippen LogP contribution is 2.22. The van der Waals surface area contributed by atoms with E-state index in [0.29, 0.717) is 0 Å². The Morgan fingerprint density at radius 1 is 1.35 bits per heavy atom. The van der Waals surface area contributed by atoms with Crippen molar-refractivity contribution in [1.29, 1.82) is 0 Å². The Labute approximate surface area is 95.9 Å². The van der Waals surface area contributed by atoms with Gasteiger partial charge in [-0.05, 0) is 18.2 Å². The van der Waals surface area contributed by atoms with Gasteiger partial charge in [0.05, 0.1) is 5.70 Å². The summed E-state index contributed by atoms with van der Waals surface area (Å²) in [6, 6.07) is 3.21. The molecular weight excluding hydrogens is 229 g/mol. The van der Waals surface area contributed by atoms with Crippen molar-refractivity contribution in [2.24, 2.45) is 5.73 Å². The molecule has 0 aromatic heterocycles. The Bertz CT molecular complexity index is 488. The molecule has 0 atom stereocenters. The molecule has 0 radical (unpaired) electrons. The fraction of sp³-hybridized carbons (Fsp3) is 0. The summed E-state index contributed by atoms with van der Waals surface area (Å²) in [6.07, 6.45) is 0. The predicted molar refractivity (Wildman–Crippen MR) is 57.6 cm³/mol. The number of carbonyl (C=O) groups is 2. The van der Waals surface area contributed by atoms with E-state index in [0.717, 1.165) is 18.2 Å². The summed E-state index contributed by atoms with van der Waals surface area (Å²) >= 11 is 0. The molecule has 0 bridgehead atoms. The summed E-state index contributed by atoms with van der Waals surface area (Å²) in [5, 5.41) is 9.41. The second-order valence-corrected chi connectivity index (χ2v) is 3.08. The van der Waals surface area contributed by atoms with Crippen LogP contribution in [0.3, 0.4) is 0 Å². The highest BCUT2D eigenvalue weighted by molar-refractivity contribution is 6.34. The molecule has 0 aliphatic rings. The van der Waals surface area contributed by atoms with Crippen LogP contribution in [0.4, 0.5) is 4.39 Å². The van der Waals surface area contributed by atoms with Crippen LogP contribution in [0.25, 0.3) is 5.70 Å². The zero-order valence-corrected chi connectivity index (χ0v) is 8.66. The van der Waals surface area contributed by atoms with Crippen LogP contribution in [0.15, 0.2) is 24.8 Å². The Kier molecular flexibility index (Phi) is 3.66. The SMILES string of the molecule is C=C(NNC(=O)C(N)=O)c1cc(F)ccc1O. The third-order valence-corrected chi connectivity index (χ3v) is 1.83. The number of amides is 2. The monoisotopic (exact) mass is 239 g/mol. The van der Waals surface area contributed by atoms with Gasteiger partial charge in [-0.15, -0.1) is 0 Å². The first-order valence-corrected chi connectivity index (χ1v) is 4.45. The Morgan fingerprint density at radius 3 is 2.59 bits per heavy atom. The number of primary amides is 1. The van der Waals surface area contributed by atoms with Gasteiger partial charge in [-0.2, -0.15) is 0 Å². The van der Waals surface area contributed by atoms with Gasteiger partial charge in [-0.1, -0.05) is 6.58 Å². The zero-order chi connectivity index (χ0) is 13.0. The smallest absolute Gasteiger partial charge is 0.327 e. The second kappa shape index (κ2) is 4.97. The van der Waals surface area contributed by atoms with Crippen molar-refractivity contribution in [3.8, 4) is 5.75 Å². The van der Waals surface area contributed by atoms with E-state index in [1.54, 1.807) is 0 Å². The zero-order valence-electron chi connectivity index (χ0n) is 8.66. The largest absolute Gasteiger partial charge is 0.507 e. The molecule has 2 amide bonds. The molecule has 5 N–H and O–H groups in total. The predicted octanol–water partition coefficient (Wildman–Crippen LogP) is -0.392. The normalized spacial score (nSPS) is 9.47. The molecule has 0 aliphatic carbocycles. The number of hydrogen-bond acceptors (Lipinski definition) is 4. The Balaban J connectivity index is 2.74. The van der Waals surface area contributed by atoms with Crippen LogP contribution in [-0.4, -0.2) is 16.9 Å². The lowest BCUT2D eigenvalue weighted by Crippen LogP contribution is -2.43. The van der Waals surface area contributed by atoms with E-state index in [1.807, 2.05) is 5.43 Å². The summed E-state index contributed by atoms with van der Waals surface area (Å²) in [7, 11) is 0. The van der Waals surface area contributed by atoms with Gasteiger partial charge in [0.15, 0.2) is 0 Å². The lowest BCUT2D eigenvalue weighted by Gasteiger charge is -2.11. The van der Waals surface area contributed by atoms with Gasteiger partial charge in [0.1, 0.15) is 11.6 Å². The van der Waals surface area contributed by atoms with Crippen molar-refractivity contribution in [1.82, 2.24) is 10.9 Å². The van der Waals surface area contributed by atoms with Crippen molar-refractivity contribution in [3.63, 3.8) is 0 Å². The summed E-state index contributed by atoms with van der Waals surface area (Å²) in [5.41, 5.74) is 8.90. The van der Waals surface area contributed by atoms with E-state index < -0.39 is 17.6 Å². The van der Waals surface area contributed by atoms with Crippen molar-refractivity contribution in [2.75, 3.05) is 0 Å². The maximum absolute atomic E-state index is 12.9. The number of benzene rings is 1. The molecule has 1 aromatic carbocycles. The van der Waals surface area contributed by atoms with Crippen molar-refractivity contribution in [2.45, 2.75) is 0 Å². The number of rotatable bonds is 3. The number of carbonyl (C=O) groups excluding carboxylic acids is 2. The molecular formula is C10H10FN3O3. The average molecular weight is 239 g/mol. The number of phenolic OH excluding ortho intramolecular Hbond substituents is 1. The molecule has 0 aliphatic heterocycles. The van der Waals surface area contributed by atoms with Gasteiger partial charge >= 0.3 is 11.8 Å². The number of hydrogen-bond donors (Lipinski definition) is 4. The van der Waals surface area contributed by atoms with Crippen molar-refractivity contribution in [3.05, 3.63) is 36.2 Å². The standard InChI is InChI=1S/C10H10FN3O3/c1-5(13-14-10(17)9(12)16)7-4-6(11)2-3-8(7)15/h2-4,13,15H,1H2,(H2,12,16)(H,14,17). The van der Waals surface area contributed by atoms with Crippen LogP contribution < -0.4 is 16.6 Å². The lowest BCUT2D eigenvalue weighted by molar-refractivity contribution is -0.137. The van der Waals surface area contributed by atoms with Gasteiger partial charge in [-0.3, -0.25) is 20.4 Å². The Hall–Kier alpha value is -2.57. The first-order valence-electron chi connectivity index (χ1n) is 4.45. The molecule has 17 heavy (non-hydrogen) atoms. The van der Waals surface area contributed by atoms with Gasteiger partial charge < -0.3 is 10.8 Å².